The molecule has 0 aliphatic carbocycles. The molecule has 0 fully saturated rings. The summed E-state index contributed by atoms with van der Waals surface area (Å²) >= 11 is 0. The van der Waals surface area contributed by atoms with Gasteiger partial charge in [0.25, 0.3) is 0 Å². The van der Waals surface area contributed by atoms with Crippen molar-refractivity contribution in [3.05, 3.63) is 48.6 Å². The molecule has 0 bridgehead atoms. The van der Waals surface area contributed by atoms with E-state index in [9.17, 15) is 0 Å². The van der Waals surface area contributed by atoms with Gasteiger partial charge in [-0.15, -0.1) is 13.2 Å². The fourth-order valence-electron chi connectivity index (χ4n) is 4.24. The van der Waals surface area contributed by atoms with Gasteiger partial charge in [0.1, 0.15) is 12.2 Å². The Morgan fingerprint density at radius 2 is 1.26 bits per heavy atom. The maximum absolute atomic E-state index is 6.46. The maximum Gasteiger partial charge on any atom is 0.102 e. The minimum absolute atomic E-state index is 0.00377. The van der Waals surface area contributed by atoms with Crippen molar-refractivity contribution in [3.8, 4) is 0 Å². The van der Waals surface area contributed by atoms with Crippen LogP contribution >= 0.6 is 0 Å². The molecule has 0 aromatic heterocycles. The van der Waals surface area contributed by atoms with Gasteiger partial charge in [-0.25, -0.2) is 0 Å². The van der Waals surface area contributed by atoms with Crippen molar-refractivity contribution in [1.82, 2.24) is 0 Å². The summed E-state index contributed by atoms with van der Waals surface area (Å²) in [5, 5.41) is 0. The van der Waals surface area contributed by atoms with Crippen LogP contribution in [-0.4, -0.2) is 50.8 Å². The van der Waals surface area contributed by atoms with E-state index in [1.54, 1.807) is 14.2 Å². The van der Waals surface area contributed by atoms with Crippen LogP contribution in [0.15, 0.2) is 48.6 Å². The Labute approximate surface area is 164 Å². The molecule has 0 aromatic carbocycles. The molecule has 0 radical (unpaired) electrons. The number of rotatable bonds is 8. The molecular weight excluding hydrogens is 340 g/mol. The van der Waals surface area contributed by atoms with Crippen molar-refractivity contribution in [2.45, 2.75) is 70.7 Å². The van der Waals surface area contributed by atoms with Gasteiger partial charge >= 0.3 is 0 Å². The first kappa shape index (κ1) is 22.1. The third-order valence-corrected chi connectivity index (χ3v) is 5.83. The summed E-state index contributed by atoms with van der Waals surface area (Å²) < 4.78 is 24.0. The predicted molar refractivity (Wildman–Crippen MR) is 110 cm³/mol. The lowest BCUT2D eigenvalue weighted by Crippen LogP contribution is -2.45. The molecular formula is C23H36O4. The molecule has 0 saturated carbocycles. The van der Waals surface area contributed by atoms with Crippen molar-refractivity contribution in [2.24, 2.45) is 11.8 Å². The lowest BCUT2D eigenvalue weighted by atomic mass is 9.87. The second kappa shape index (κ2) is 9.83. The summed E-state index contributed by atoms with van der Waals surface area (Å²) in [6.07, 6.45) is 8.66. The molecule has 0 N–H and O–H groups in total. The van der Waals surface area contributed by atoms with Gasteiger partial charge in [0.15, 0.2) is 0 Å². The van der Waals surface area contributed by atoms with Crippen molar-refractivity contribution < 1.29 is 18.9 Å². The third-order valence-electron chi connectivity index (χ3n) is 5.83. The van der Waals surface area contributed by atoms with Crippen LogP contribution in [0.5, 0.6) is 0 Å². The molecule has 8 atom stereocenters. The summed E-state index contributed by atoms with van der Waals surface area (Å²) in [6, 6.07) is 0. The molecule has 27 heavy (non-hydrogen) atoms. The summed E-state index contributed by atoms with van der Waals surface area (Å²) in [6.45, 7) is 16.4. The number of hydrogen-bond acceptors (Lipinski definition) is 4. The van der Waals surface area contributed by atoms with Crippen molar-refractivity contribution in [3.63, 3.8) is 0 Å². The Hall–Kier alpha value is -1.20. The SMILES string of the molecule is C=C[C@H](OC)[C@H]1O[C@H](C[C@H]2O[C@H]([C@H](C=C)OC)[C@H](C)C=C2C)C(C)=C[C@H]1C. The smallest absolute Gasteiger partial charge is 0.102 e. The van der Waals surface area contributed by atoms with Gasteiger partial charge in [-0.1, -0.05) is 38.2 Å². The van der Waals surface area contributed by atoms with Gasteiger partial charge in [0.05, 0.1) is 24.4 Å². The molecule has 4 nitrogen and oxygen atoms in total. The summed E-state index contributed by atoms with van der Waals surface area (Å²) in [5.41, 5.74) is 2.49. The molecule has 0 spiro atoms. The molecule has 2 rings (SSSR count). The van der Waals surface area contributed by atoms with Gasteiger partial charge < -0.3 is 18.9 Å². The zero-order chi connectivity index (χ0) is 20.1. The highest BCUT2D eigenvalue weighted by Gasteiger charge is 2.37. The lowest BCUT2D eigenvalue weighted by Gasteiger charge is -2.41. The quantitative estimate of drug-likeness (QED) is 0.586. The second-order valence-electron chi connectivity index (χ2n) is 7.83. The molecule has 0 aromatic rings. The first-order valence-corrected chi connectivity index (χ1v) is 9.84. The van der Waals surface area contributed by atoms with E-state index < -0.39 is 0 Å². The topological polar surface area (TPSA) is 36.9 Å². The second-order valence-corrected chi connectivity index (χ2v) is 7.83. The molecule has 0 saturated heterocycles. The average Bonchev–Trinajstić information content (AvgIpc) is 2.63. The number of hydrogen-bond donors (Lipinski definition) is 0. The van der Waals surface area contributed by atoms with Crippen LogP contribution in [0.3, 0.4) is 0 Å². The highest BCUT2D eigenvalue weighted by atomic mass is 16.6. The van der Waals surface area contributed by atoms with Gasteiger partial charge in [-0.05, 0) is 25.0 Å². The van der Waals surface area contributed by atoms with E-state index >= 15 is 0 Å². The fraction of sp³-hybridized carbons (Fsp3) is 0.652. The van der Waals surface area contributed by atoms with Crippen molar-refractivity contribution >= 4 is 0 Å². The van der Waals surface area contributed by atoms with Crippen molar-refractivity contribution in [2.75, 3.05) is 14.2 Å². The monoisotopic (exact) mass is 376 g/mol. The van der Waals surface area contributed by atoms with E-state index in [-0.39, 0.29) is 48.5 Å². The highest BCUT2D eigenvalue weighted by Crippen LogP contribution is 2.34. The molecule has 0 amide bonds. The van der Waals surface area contributed by atoms with Crippen LogP contribution in [0, 0.1) is 11.8 Å². The molecule has 152 valence electrons. The van der Waals surface area contributed by atoms with Crippen LogP contribution in [-0.2, 0) is 18.9 Å². The van der Waals surface area contributed by atoms with Gasteiger partial charge in [0.2, 0.25) is 0 Å². The van der Waals surface area contributed by atoms with Crippen molar-refractivity contribution in [1.29, 1.82) is 0 Å². The first-order chi connectivity index (χ1) is 12.9. The van der Waals surface area contributed by atoms with Gasteiger partial charge in [-0.3, -0.25) is 0 Å². The Balaban J connectivity index is 2.16. The number of ether oxygens (including phenoxy) is 4. The maximum atomic E-state index is 6.46. The van der Waals surface area contributed by atoms with Crippen LogP contribution in [0.1, 0.15) is 34.1 Å². The first-order valence-electron chi connectivity index (χ1n) is 9.84. The van der Waals surface area contributed by atoms with E-state index in [2.05, 4.69) is 53.0 Å². The van der Waals surface area contributed by atoms with E-state index in [1.807, 2.05) is 12.2 Å². The Kier molecular flexibility index (Phi) is 8.04. The normalized spacial score (nSPS) is 36.4. The Bertz CT molecular complexity index is 529. The van der Waals surface area contributed by atoms with E-state index in [0.29, 0.717) is 0 Å². The van der Waals surface area contributed by atoms with Crippen LogP contribution in [0.25, 0.3) is 0 Å². The molecule has 2 aliphatic rings. The van der Waals surface area contributed by atoms with Crippen LogP contribution in [0.2, 0.25) is 0 Å². The largest absolute Gasteiger partial charge is 0.375 e. The average molecular weight is 377 g/mol. The summed E-state index contributed by atoms with van der Waals surface area (Å²) in [4.78, 5) is 0. The van der Waals surface area contributed by atoms with Gasteiger partial charge in [0, 0.05) is 32.5 Å². The Morgan fingerprint density at radius 3 is 1.56 bits per heavy atom. The molecule has 2 aliphatic heterocycles. The summed E-state index contributed by atoms with van der Waals surface area (Å²) in [7, 11) is 3.40. The fourth-order valence-corrected chi connectivity index (χ4v) is 4.24. The number of methoxy groups -OCH3 is 2. The Morgan fingerprint density at radius 1 is 0.889 bits per heavy atom. The van der Waals surface area contributed by atoms with E-state index in [4.69, 9.17) is 18.9 Å². The predicted octanol–water partition coefficient (Wildman–Crippen LogP) is 4.48. The van der Waals surface area contributed by atoms with E-state index in [0.717, 1.165) is 6.42 Å². The van der Waals surface area contributed by atoms with E-state index in [1.165, 1.54) is 11.1 Å². The van der Waals surface area contributed by atoms with Crippen LogP contribution < -0.4 is 0 Å². The standard InChI is InChI=1S/C23H36O4/c1-9-18(24-7)22-16(5)11-14(3)20(26-22)13-21-15(4)12-17(6)23(27-21)19(10-2)25-8/h9-12,16-23H,1-2,13H2,3-8H3/t16-,17-,18+,19+,20-,21-,22+,23+/m1/s1. The molecule has 0 unspecified atom stereocenters. The zero-order valence-electron chi connectivity index (χ0n) is 17.7. The lowest BCUT2D eigenvalue weighted by molar-refractivity contribution is -0.122. The minimum Gasteiger partial charge on any atom is -0.375 e. The highest BCUT2D eigenvalue weighted by molar-refractivity contribution is 5.19. The molecule has 2 heterocycles. The van der Waals surface area contributed by atoms with Crippen LogP contribution in [0.4, 0.5) is 0 Å². The third kappa shape index (κ3) is 5.00. The minimum atomic E-state index is -0.123. The zero-order valence-corrected chi connectivity index (χ0v) is 17.7. The summed E-state index contributed by atoms with van der Waals surface area (Å²) in [5.74, 6) is 0.555. The molecule has 4 heteroatoms. The van der Waals surface area contributed by atoms with Gasteiger partial charge in [-0.2, -0.15) is 0 Å².